The number of fused-ring (bicyclic) bond motifs is 3. The summed E-state index contributed by atoms with van der Waals surface area (Å²) >= 11 is 0. The molecule has 314 valence electrons. The maximum atomic E-state index is 5.20. The van der Waals surface area contributed by atoms with E-state index in [0.29, 0.717) is 17.5 Å². The molecular weight excluding hydrogens is 813 g/mol. The monoisotopic (exact) mass is 854 g/mol. The van der Waals surface area contributed by atoms with Gasteiger partial charge in [0.15, 0.2) is 17.5 Å². The largest absolute Gasteiger partial charge is 0.309 e. The zero-order valence-corrected chi connectivity index (χ0v) is 36.5. The van der Waals surface area contributed by atoms with E-state index in [9.17, 15) is 0 Å². The standard InChI is InChI=1S/C63H42N4/c1-5-14-43(15-6-1)46-24-28-49(29-25-46)53-22-13-23-56(40-53)67-59-39-37-54(50-30-26-47(27-31-50)44-16-7-2-8-17-44)41-58(59)57-38-36-55(42-60(57)67)63-65-61(51-20-11-4-12-21-51)64-62(66-63)52-34-32-48(33-35-52)45-18-9-3-10-19-45/h1-42H. The molecule has 0 N–H and O–H groups in total. The topological polar surface area (TPSA) is 43.6 Å². The van der Waals surface area contributed by atoms with Crippen molar-refractivity contribution in [3.8, 4) is 95.5 Å². The zero-order valence-electron chi connectivity index (χ0n) is 36.5. The molecule has 0 aliphatic carbocycles. The Labute approximate surface area is 389 Å². The van der Waals surface area contributed by atoms with Crippen molar-refractivity contribution in [3.05, 3.63) is 255 Å². The second-order valence-electron chi connectivity index (χ2n) is 16.9. The number of aromatic nitrogens is 4. The van der Waals surface area contributed by atoms with Crippen LogP contribution >= 0.6 is 0 Å². The highest BCUT2D eigenvalue weighted by molar-refractivity contribution is 6.11. The molecule has 0 saturated heterocycles. The van der Waals surface area contributed by atoms with Crippen LogP contribution < -0.4 is 0 Å². The van der Waals surface area contributed by atoms with E-state index in [0.717, 1.165) is 61.1 Å². The third-order valence-electron chi connectivity index (χ3n) is 12.7. The van der Waals surface area contributed by atoms with E-state index in [1.54, 1.807) is 0 Å². The van der Waals surface area contributed by atoms with Crippen LogP contribution in [0.1, 0.15) is 0 Å². The van der Waals surface area contributed by atoms with E-state index in [1.165, 1.54) is 38.8 Å². The average molecular weight is 855 g/mol. The van der Waals surface area contributed by atoms with Gasteiger partial charge < -0.3 is 4.57 Å². The van der Waals surface area contributed by atoms with E-state index < -0.39 is 0 Å². The lowest BCUT2D eigenvalue weighted by atomic mass is 9.99. The van der Waals surface area contributed by atoms with Crippen LogP contribution in [0.25, 0.3) is 117 Å². The molecule has 67 heavy (non-hydrogen) atoms. The summed E-state index contributed by atoms with van der Waals surface area (Å²) in [6, 6.07) is 90.2. The Bertz CT molecular complexity index is 3680. The summed E-state index contributed by atoms with van der Waals surface area (Å²) in [5.41, 5.74) is 17.8. The molecule has 12 rings (SSSR count). The summed E-state index contributed by atoms with van der Waals surface area (Å²) in [6.45, 7) is 0. The minimum absolute atomic E-state index is 0.612. The fraction of sp³-hybridized carbons (Fsp3) is 0. The van der Waals surface area contributed by atoms with Crippen LogP contribution in [0.15, 0.2) is 255 Å². The van der Waals surface area contributed by atoms with Crippen LogP contribution in [0, 0.1) is 0 Å². The summed E-state index contributed by atoms with van der Waals surface area (Å²) in [7, 11) is 0. The van der Waals surface area contributed by atoms with Gasteiger partial charge in [-0.25, -0.2) is 15.0 Å². The molecule has 0 aliphatic rings. The van der Waals surface area contributed by atoms with Gasteiger partial charge in [-0.15, -0.1) is 0 Å². The lowest BCUT2D eigenvalue weighted by Gasteiger charge is -2.12. The first-order chi connectivity index (χ1) is 33.2. The first-order valence-corrected chi connectivity index (χ1v) is 22.7. The predicted molar refractivity (Wildman–Crippen MR) is 278 cm³/mol. The van der Waals surface area contributed by atoms with Gasteiger partial charge in [0, 0.05) is 33.2 Å². The van der Waals surface area contributed by atoms with Crippen LogP contribution in [-0.2, 0) is 0 Å². The van der Waals surface area contributed by atoms with Gasteiger partial charge >= 0.3 is 0 Å². The second-order valence-corrected chi connectivity index (χ2v) is 16.9. The highest BCUT2D eigenvalue weighted by Gasteiger charge is 2.18. The van der Waals surface area contributed by atoms with E-state index >= 15 is 0 Å². The van der Waals surface area contributed by atoms with Gasteiger partial charge in [0.05, 0.1) is 11.0 Å². The minimum Gasteiger partial charge on any atom is -0.309 e. The minimum atomic E-state index is 0.612. The van der Waals surface area contributed by atoms with Crippen LogP contribution in [0.2, 0.25) is 0 Å². The number of hydrogen-bond donors (Lipinski definition) is 0. The zero-order chi connectivity index (χ0) is 44.5. The van der Waals surface area contributed by atoms with E-state index in [1.807, 2.05) is 24.3 Å². The number of benzene rings is 10. The van der Waals surface area contributed by atoms with Crippen molar-refractivity contribution in [2.45, 2.75) is 0 Å². The summed E-state index contributed by atoms with van der Waals surface area (Å²) in [6.07, 6.45) is 0. The molecule has 0 aliphatic heterocycles. The van der Waals surface area contributed by atoms with Crippen molar-refractivity contribution < 1.29 is 0 Å². The smallest absolute Gasteiger partial charge is 0.164 e. The third-order valence-corrected chi connectivity index (χ3v) is 12.7. The van der Waals surface area contributed by atoms with Crippen molar-refractivity contribution in [1.82, 2.24) is 19.5 Å². The van der Waals surface area contributed by atoms with Crippen molar-refractivity contribution in [1.29, 1.82) is 0 Å². The summed E-state index contributed by atoms with van der Waals surface area (Å²) < 4.78 is 2.39. The van der Waals surface area contributed by atoms with Gasteiger partial charge in [-0.3, -0.25) is 0 Å². The molecule has 4 nitrogen and oxygen atoms in total. The Morgan fingerprint density at radius 1 is 0.209 bits per heavy atom. The molecule has 0 spiro atoms. The van der Waals surface area contributed by atoms with Crippen LogP contribution in [0.4, 0.5) is 0 Å². The van der Waals surface area contributed by atoms with Crippen molar-refractivity contribution >= 4 is 21.8 Å². The second kappa shape index (κ2) is 17.2. The van der Waals surface area contributed by atoms with Crippen LogP contribution in [0.3, 0.4) is 0 Å². The third kappa shape index (κ3) is 7.77. The van der Waals surface area contributed by atoms with Gasteiger partial charge in [0.25, 0.3) is 0 Å². The molecule has 0 unspecified atom stereocenters. The molecule has 0 amide bonds. The molecule has 4 heteroatoms. The summed E-state index contributed by atoms with van der Waals surface area (Å²) in [5, 5.41) is 2.32. The number of rotatable bonds is 9. The van der Waals surface area contributed by atoms with Crippen LogP contribution in [-0.4, -0.2) is 19.5 Å². The van der Waals surface area contributed by atoms with Crippen LogP contribution in [0.5, 0.6) is 0 Å². The quantitative estimate of drug-likeness (QED) is 0.145. The Kier molecular flexibility index (Phi) is 10.2. The first kappa shape index (κ1) is 39.6. The molecule has 2 aromatic heterocycles. The lowest BCUT2D eigenvalue weighted by Crippen LogP contribution is -2.00. The summed E-state index contributed by atoms with van der Waals surface area (Å²) in [5.74, 6) is 1.86. The van der Waals surface area contributed by atoms with Crippen molar-refractivity contribution in [2.75, 3.05) is 0 Å². The molecule has 0 radical (unpaired) electrons. The van der Waals surface area contributed by atoms with E-state index in [-0.39, 0.29) is 0 Å². The first-order valence-electron chi connectivity index (χ1n) is 22.7. The highest BCUT2D eigenvalue weighted by Crippen LogP contribution is 2.39. The molecule has 12 aromatic rings. The van der Waals surface area contributed by atoms with Gasteiger partial charge in [-0.05, 0) is 86.0 Å². The highest BCUT2D eigenvalue weighted by atomic mass is 15.0. The number of nitrogens with zero attached hydrogens (tertiary/aromatic N) is 4. The molecule has 10 aromatic carbocycles. The molecule has 2 heterocycles. The number of hydrogen-bond acceptors (Lipinski definition) is 3. The Hall–Kier alpha value is -8.99. The van der Waals surface area contributed by atoms with Crippen molar-refractivity contribution in [3.63, 3.8) is 0 Å². The van der Waals surface area contributed by atoms with Gasteiger partial charge in [-0.1, -0.05) is 224 Å². The van der Waals surface area contributed by atoms with Gasteiger partial charge in [0.2, 0.25) is 0 Å². The Balaban J connectivity index is 1.00. The molecule has 0 atom stereocenters. The van der Waals surface area contributed by atoms with Gasteiger partial charge in [0.1, 0.15) is 0 Å². The molecule has 0 bridgehead atoms. The fourth-order valence-corrected chi connectivity index (χ4v) is 9.21. The SMILES string of the molecule is c1ccc(-c2ccc(-c3cccc(-n4c5ccc(-c6ccc(-c7ccccc7)cc6)cc5c5ccc(-c6nc(-c7ccccc7)nc(-c7ccc(-c8ccccc8)cc7)n6)cc54)c3)cc2)cc1. The van der Waals surface area contributed by atoms with E-state index in [4.69, 9.17) is 15.0 Å². The van der Waals surface area contributed by atoms with Gasteiger partial charge in [-0.2, -0.15) is 0 Å². The lowest BCUT2D eigenvalue weighted by molar-refractivity contribution is 1.07. The predicted octanol–water partition coefficient (Wildman–Crippen LogP) is 16.3. The normalized spacial score (nSPS) is 11.3. The molecule has 0 saturated carbocycles. The van der Waals surface area contributed by atoms with E-state index in [2.05, 4.69) is 235 Å². The average Bonchev–Trinajstić information content (AvgIpc) is 3.75. The fourth-order valence-electron chi connectivity index (χ4n) is 9.21. The summed E-state index contributed by atoms with van der Waals surface area (Å²) in [4.78, 5) is 15.4. The Morgan fingerprint density at radius 2 is 0.552 bits per heavy atom. The molecular formula is C63H42N4. The van der Waals surface area contributed by atoms with Crippen molar-refractivity contribution in [2.24, 2.45) is 0 Å². The maximum Gasteiger partial charge on any atom is 0.164 e. The Morgan fingerprint density at radius 3 is 1.04 bits per heavy atom. The maximum absolute atomic E-state index is 5.20. The molecule has 0 fully saturated rings.